The predicted octanol–water partition coefficient (Wildman–Crippen LogP) is 3.94. The van der Waals surface area contributed by atoms with Crippen molar-refractivity contribution >= 4 is 17.2 Å². The number of likely N-dealkylation sites (tertiary alicyclic amines) is 1. The number of phenols is 1. The Hall–Kier alpha value is -1.85. The Morgan fingerprint density at radius 3 is 2.96 bits per heavy atom. The Bertz CT molecular complexity index is 877. The zero-order valence-corrected chi connectivity index (χ0v) is 17.2. The maximum absolute atomic E-state index is 13.0. The second kappa shape index (κ2) is 6.89. The lowest BCUT2D eigenvalue weighted by atomic mass is 9.64. The highest BCUT2D eigenvalue weighted by Gasteiger charge is 2.50. The number of hydrogen-bond donors (Lipinski definition) is 2. The van der Waals surface area contributed by atoms with E-state index in [1.807, 2.05) is 29.0 Å². The third kappa shape index (κ3) is 3.15. The first-order valence-corrected chi connectivity index (χ1v) is 11.4. The molecule has 1 aliphatic heterocycles. The van der Waals surface area contributed by atoms with E-state index in [-0.39, 0.29) is 17.4 Å². The first-order valence-electron chi connectivity index (χ1n) is 10.4. The number of amides is 1. The lowest BCUT2D eigenvalue weighted by Crippen LogP contribution is -2.62. The molecule has 2 bridgehead atoms. The Morgan fingerprint density at radius 1 is 1.36 bits per heavy atom. The minimum absolute atomic E-state index is 0.0272. The van der Waals surface area contributed by atoms with E-state index in [4.69, 9.17) is 0 Å². The van der Waals surface area contributed by atoms with Gasteiger partial charge >= 0.3 is 0 Å². The van der Waals surface area contributed by atoms with E-state index in [9.17, 15) is 9.90 Å². The Kier molecular flexibility index (Phi) is 4.48. The minimum atomic E-state index is -0.166. The number of hydrogen-bond acceptors (Lipinski definition) is 4. The molecule has 1 saturated carbocycles. The number of phenolic OH excluding ortho intramolecular Hbond substituents is 1. The van der Waals surface area contributed by atoms with Crippen molar-refractivity contribution in [3.8, 4) is 5.75 Å². The molecule has 2 heterocycles. The van der Waals surface area contributed by atoms with Gasteiger partial charge in [-0.25, -0.2) is 0 Å². The highest BCUT2D eigenvalue weighted by molar-refractivity contribution is 7.08. The fraction of sp³-hybridized carbons (Fsp3) is 0.522. The van der Waals surface area contributed by atoms with Crippen LogP contribution in [0.5, 0.6) is 5.75 Å². The average Bonchev–Trinajstić information content (AvgIpc) is 3.33. The first kappa shape index (κ1) is 18.2. The molecule has 0 spiro atoms. The van der Waals surface area contributed by atoms with Gasteiger partial charge in [-0.3, -0.25) is 9.69 Å². The van der Waals surface area contributed by atoms with Crippen molar-refractivity contribution in [1.82, 2.24) is 10.2 Å². The summed E-state index contributed by atoms with van der Waals surface area (Å²) in [5, 5.41) is 17.5. The van der Waals surface area contributed by atoms with E-state index in [0.717, 1.165) is 43.8 Å². The van der Waals surface area contributed by atoms with E-state index in [1.54, 1.807) is 11.3 Å². The van der Waals surface area contributed by atoms with Crippen LogP contribution < -0.4 is 5.32 Å². The van der Waals surface area contributed by atoms with Gasteiger partial charge in [0.1, 0.15) is 5.75 Å². The van der Waals surface area contributed by atoms with Gasteiger partial charge in [0, 0.05) is 28.9 Å². The summed E-state index contributed by atoms with van der Waals surface area (Å²) >= 11 is 1.56. The van der Waals surface area contributed by atoms with Crippen molar-refractivity contribution in [1.29, 1.82) is 0 Å². The molecule has 148 valence electrons. The van der Waals surface area contributed by atoms with E-state index in [1.165, 1.54) is 24.0 Å². The Morgan fingerprint density at radius 2 is 2.21 bits per heavy atom. The Labute approximate surface area is 170 Å². The first-order chi connectivity index (χ1) is 13.5. The number of thiophene rings is 1. The number of fused-ring (bicyclic) bond motifs is 4. The normalized spacial score (nSPS) is 29.8. The van der Waals surface area contributed by atoms with Crippen molar-refractivity contribution in [2.75, 3.05) is 13.1 Å². The molecule has 28 heavy (non-hydrogen) atoms. The number of rotatable bonds is 4. The maximum atomic E-state index is 13.0. The minimum Gasteiger partial charge on any atom is -0.508 e. The summed E-state index contributed by atoms with van der Waals surface area (Å²) in [6.07, 6.45) is 5.77. The van der Waals surface area contributed by atoms with E-state index >= 15 is 0 Å². The molecule has 3 aliphatic rings. The van der Waals surface area contributed by atoms with Crippen LogP contribution in [-0.2, 0) is 11.8 Å². The molecule has 1 amide bonds. The van der Waals surface area contributed by atoms with Crippen LogP contribution in [0.2, 0.25) is 0 Å². The van der Waals surface area contributed by atoms with Gasteiger partial charge in [0.15, 0.2) is 0 Å². The third-order valence-electron chi connectivity index (χ3n) is 7.08. The third-order valence-corrected chi connectivity index (χ3v) is 7.76. The molecule has 3 atom stereocenters. The number of aromatic hydroxyl groups is 1. The van der Waals surface area contributed by atoms with E-state index in [2.05, 4.69) is 23.2 Å². The molecule has 1 aromatic carbocycles. The Balaban J connectivity index is 1.55. The summed E-state index contributed by atoms with van der Waals surface area (Å²) in [6, 6.07) is 8.10. The molecule has 1 aromatic heterocycles. The molecule has 1 saturated heterocycles. The molecule has 2 aliphatic carbocycles. The number of carbonyl (C=O) groups is 1. The van der Waals surface area contributed by atoms with Crippen molar-refractivity contribution in [2.24, 2.45) is 5.92 Å². The van der Waals surface area contributed by atoms with Gasteiger partial charge in [-0.05, 0) is 79.3 Å². The number of nitrogens with one attached hydrogen (secondary N) is 1. The average molecular weight is 397 g/mol. The van der Waals surface area contributed by atoms with Crippen molar-refractivity contribution in [2.45, 2.75) is 56.5 Å². The van der Waals surface area contributed by atoms with Gasteiger partial charge in [-0.1, -0.05) is 13.0 Å². The summed E-state index contributed by atoms with van der Waals surface area (Å²) in [5.74, 6) is 1.18. The van der Waals surface area contributed by atoms with Crippen LogP contribution >= 0.6 is 11.3 Å². The van der Waals surface area contributed by atoms with Crippen LogP contribution in [0.1, 0.15) is 54.1 Å². The van der Waals surface area contributed by atoms with Crippen molar-refractivity contribution in [3.05, 3.63) is 51.7 Å². The van der Waals surface area contributed by atoms with Gasteiger partial charge in [0.2, 0.25) is 0 Å². The van der Waals surface area contributed by atoms with Gasteiger partial charge in [-0.2, -0.15) is 11.3 Å². The van der Waals surface area contributed by atoms with Gasteiger partial charge < -0.3 is 10.4 Å². The monoisotopic (exact) mass is 396 g/mol. The van der Waals surface area contributed by atoms with Gasteiger partial charge in [0.05, 0.1) is 6.04 Å². The van der Waals surface area contributed by atoms with Gasteiger partial charge in [0.25, 0.3) is 5.91 Å². The van der Waals surface area contributed by atoms with E-state index in [0.29, 0.717) is 11.8 Å². The van der Waals surface area contributed by atoms with Crippen LogP contribution in [0.3, 0.4) is 0 Å². The van der Waals surface area contributed by atoms with Crippen molar-refractivity contribution in [3.63, 3.8) is 0 Å². The summed E-state index contributed by atoms with van der Waals surface area (Å²) < 4.78 is 0. The smallest absolute Gasteiger partial charge is 0.252 e. The zero-order chi connectivity index (χ0) is 19.3. The van der Waals surface area contributed by atoms with Crippen molar-refractivity contribution < 1.29 is 9.90 Å². The molecule has 0 unspecified atom stereocenters. The topological polar surface area (TPSA) is 52.6 Å². The molecular weight excluding hydrogens is 368 g/mol. The summed E-state index contributed by atoms with van der Waals surface area (Å²) in [7, 11) is 0. The SMILES string of the molecule is C[C@]12CCCN(CC3CC3)[C@H](Cc3ccc(O)cc31)[C@H]2NC(=O)c1ccsc1. The summed E-state index contributed by atoms with van der Waals surface area (Å²) in [4.78, 5) is 15.7. The molecular formula is C23H28N2O2S. The molecule has 0 radical (unpaired) electrons. The zero-order valence-electron chi connectivity index (χ0n) is 16.4. The fourth-order valence-electron chi connectivity index (χ4n) is 5.39. The molecule has 5 heteroatoms. The highest BCUT2D eigenvalue weighted by Crippen LogP contribution is 2.46. The summed E-state index contributed by atoms with van der Waals surface area (Å²) in [6.45, 7) is 4.54. The molecule has 4 nitrogen and oxygen atoms in total. The maximum Gasteiger partial charge on any atom is 0.252 e. The highest BCUT2D eigenvalue weighted by atomic mass is 32.1. The molecule has 2 aromatic rings. The lowest BCUT2D eigenvalue weighted by molar-refractivity contribution is 0.0818. The standard InChI is InChI=1S/C23H28N2O2S/c1-23-8-2-9-25(13-15-3-4-15)20(11-16-5-6-18(26)12-19(16)23)21(23)24-22(27)17-7-10-28-14-17/h5-7,10,12,14-15,20-21,26H,2-4,8-9,11,13H2,1H3,(H,24,27)/t20-,21-,23+/m1/s1. The van der Waals surface area contributed by atoms with Crippen LogP contribution in [0.25, 0.3) is 0 Å². The van der Waals surface area contributed by atoms with Crippen LogP contribution in [0.15, 0.2) is 35.0 Å². The largest absolute Gasteiger partial charge is 0.508 e. The molecule has 2 fully saturated rings. The molecule has 5 rings (SSSR count). The fourth-order valence-corrected chi connectivity index (χ4v) is 6.02. The van der Waals surface area contributed by atoms with E-state index < -0.39 is 0 Å². The molecule has 2 N–H and O–H groups in total. The van der Waals surface area contributed by atoms with Crippen LogP contribution in [-0.4, -0.2) is 41.1 Å². The number of carbonyl (C=O) groups excluding carboxylic acids is 1. The number of nitrogens with zero attached hydrogens (tertiary/aromatic N) is 1. The second-order valence-corrected chi connectivity index (χ2v) is 9.82. The van der Waals surface area contributed by atoms with Crippen LogP contribution in [0, 0.1) is 5.92 Å². The summed E-state index contributed by atoms with van der Waals surface area (Å²) in [5.41, 5.74) is 3.13. The predicted molar refractivity (Wildman–Crippen MR) is 112 cm³/mol. The quantitative estimate of drug-likeness (QED) is 0.823. The lowest BCUT2D eigenvalue weighted by Gasteiger charge is -2.48. The van der Waals surface area contributed by atoms with Crippen LogP contribution in [0.4, 0.5) is 0 Å². The second-order valence-electron chi connectivity index (χ2n) is 9.04. The number of benzene rings is 1. The van der Waals surface area contributed by atoms with Gasteiger partial charge in [-0.15, -0.1) is 0 Å².